The van der Waals surface area contributed by atoms with E-state index in [2.05, 4.69) is 33.0 Å². The number of rotatable bonds is 4. The van der Waals surface area contributed by atoms with Crippen LogP contribution in [-0.4, -0.2) is 11.5 Å². The summed E-state index contributed by atoms with van der Waals surface area (Å²) in [7, 11) is 0. The lowest BCUT2D eigenvalue weighted by Gasteiger charge is -2.27. The Labute approximate surface area is 113 Å². The average Bonchev–Trinajstić information content (AvgIpc) is 2.33. The molecular formula is C14H19N3O2. The van der Waals surface area contributed by atoms with Gasteiger partial charge in [0, 0.05) is 6.54 Å². The SMILES string of the molecule is CC(CNc1cccc(C#N)c1[N+](=O)[O-])C(C)(C)C. The number of hydrogen-bond acceptors (Lipinski definition) is 4. The fraction of sp³-hybridized carbons (Fsp3) is 0.500. The van der Waals surface area contributed by atoms with Crippen LogP contribution in [0.4, 0.5) is 11.4 Å². The normalized spacial score (nSPS) is 12.6. The fourth-order valence-corrected chi connectivity index (χ4v) is 1.54. The number of anilines is 1. The first-order valence-corrected chi connectivity index (χ1v) is 6.18. The molecule has 0 amide bonds. The maximum absolute atomic E-state index is 11.1. The molecule has 0 bridgehead atoms. The maximum atomic E-state index is 11.1. The van der Waals surface area contributed by atoms with E-state index in [-0.39, 0.29) is 16.7 Å². The van der Waals surface area contributed by atoms with Crippen LogP contribution in [0.2, 0.25) is 0 Å². The second-order valence-electron chi connectivity index (χ2n) is 5.72. The third kappa shape index (κ3) is 3.68. The summed E-state index contributed by atoms with van der Waals surface area (Å²) in [5.74, 6) is 0.345. The maximum Gasteiger partial charge on any atom is 0.309 e. The molecule has 1 rings (SSSR count). The summed E-state index contributed by atoms with van der Waals surface area (Å²) in [5.41, 5.74) is 0.457. The number of hydrogen-bond donors (Lipinski definition) is 1. The minimum atomic E-state index is -0.511. The van der Waals surface area contributed by atoms with Gasteiger partial charge in [-0.3, -0.25) is 10.1 Å². The number of nitrogens with one attached hydrogen (secondary N) is 1. The molecule has 0 saturated carbocycles. The average molecular weight is 261 g/mol. The van der Waals surface area contributed by atoms with Crippen molar-refractivity contribution in [1.82, 2.24) is 0 Å². The van der Waals surface area contributed by atoms with Crippen molar-refractivity contribution in [3.05, 3.63) is 33.9 Å². The molecule has 1 N–H and O–H groups in total. The van der Waals surface area contributed by atoms with Gasteiger partial charge in [0.1, 0.15) is 17.3 Å². The van der Waals surface area contributed by atoms with Crippen LogP contribution in [-0.2, 0) is 0 Å². The van der Waals surface area contributed by atoms with E-state index >= 15 is 0 Å². The Kier molecular flexibility index (Phi) is 4.49. The highest BCUT2D eigenvalue weighted by Gasteiger charge is 2.23. The number of para-hydroxylation sites is 1. The lowest BCUT2D eigenvalue weighted by molar-refractivity contribution is -0.384. The molecule has 0 aromatic heterocycles. The minimum Gasteiger partial charge on any atom is -0.379 e. The molecule has 0 aliphatic carbocycles. The van der Waals surface area contributed by atoms with E-state index in [4.69, 9.17) is 5.26 Å². The molecule has 0 fully saturated rings. The third-order valence-corrected chi connectivity index (χ3v) is 3.42. The zero-order chi connectivity index (χ0) is 14.6. The summed E-state index contributed by atoms with van der Waals surface area (Å²) in [6, 6.07) is 6.59. The molecule has 0 aliphatic heterocycles. The lowest BCUT2D eigenvalue weighted by Crippen LogP contribution is -2.25. The summed E-state index contributed by atoms with van der Waals surface area (Å²) < 4.78 is 0. The van der Waals surface area contributed by atoms with E-state index in [0.29, 0.717) is 18.2 Å². The van der Waals surface area contributed by atoms with Crippen molar-refractivity contribution in [2.45, 2.75) is 27.7 Å². The Bertz CT molecular complexity index is 512. The molecule has 19 heavy (non-hydrogen) atoms. The topological polar surface area (TPSA) is 79.0 Å². The van der Waals surface area contributed by atoms with Gasteiger partial charge in [-0.25, -0.2) is 0 Å². The summed E-state index contributed by atoms with van der Waals surface area (Å²) >= 11 is 0. The lowest BCUT2D eigenvalue weighted by atomic mass is 9.82. The van der Waals surface area contributed by atoms with Crippen molar-refractivity contribution in [2.75, 3.05) is 11.9 Å². The molecule has 1 unspecified atom stereocenters. The van der Waals surface area contributed by atoms with E-state index in [1.165, 1.54) is 6.07 Å². The Balaban J connectivity index is 2.97. The standard InChI is InChI=1S/C14H19N3O2/c1-10(14(2,3)4)9-16-12-7-5-6-11(8-15)13(12)17(18)19/h5-7,10,16H,9H2,1-4H3. The van der Waals surface area contributed by atoms with Gasteiger partial charge in [-0.2, -0.15) is 5.26 Å². The molecule has 102 valence electrons. The quantitative estimate of drug-likeness (QED) is 0.663. The number of nitrogens with zero attached hydrogens (tertiary/aromatic N) is 2. The predicted octanol–water partition coefficient (Wildman–Crippen LogP) is 3.56. The number of nitro benzene ring substituents is 1. The molecule has 5 heteroatoms. The Hall–Kier alpha value is -2.09. The third-order valence-electron chi connectivity index (χ3n) is 3.42. The zero-order valence-electron chi connectivity index (χ0n) is 11.7. The van der Waals surface area contributed by atoms with Crippen LogP contribution in [0.1, 0.15) is 33.3 Å². The van der Waals surface area contributed by atoms with Crippen LogP contribution in [0, 0.1) is 32.8 Å². The van der Waals surface area contributed by atoms with Crippen LogP contribution >= 0.6 is 0 Å². The van der Waals surface area contributed by atoms with Crippen LogP contribution in [0.3, 0.4) is 0 Å². The van der Waals surface area contributed by atoms with Crippen LogP contribution in [0.15, 0.2) is 18.2 Å². The van der Waals surface area contributed by atoms with Gasteiger partial charge in [-0.05, 0) is 23.5 Å². The van der Waals surface area contributed by atoms with Crippen molar-refractivity contribution >= 4 is 11.4 Å². The number of nitro groups is 1. The van der Waals surface area contributed by atoms with Gasteiger partial charge in [0.15, 0.2) is 0 Å². The number of nitriles is 1. The van der Waals surface area contributed by atoms with Gasteiger partial charge in [0.2, 0.25) is 0 Å². The zero-order valence-corrected chi connectivity index (χ0v) is 11.7. The monoisotopic (exact) mass is 261 g/mol. The smallest absolute Gasteiger partial charge is 0.309 e. The number of benzene rings is 1. The highest BCUT2D eigenvalue weighted by Crippen LogP contribution is 2.30. The van der Waals surface area contributed by atoms with Crippen molar-refractivity contribution in [3.63, 3.8) is 0 Å². The highest BCUT2D eigenvalue weighted by atomic mass is 16.6. The van der Waals surface area contributed by atoms with Crippen molar-refractivity contribution in [1.29, 1.82) is 5.26 Å². The van der Waals surface area contributed by atoms with Gasteiger partial charge < -0.3 is 5.32 Å². The van der Waals surface area contributed by atoms with E-state index in [1.54, 1.807) is 12.1 Å². The molecule has 0 aliphatic rings. The summed E-state index contributed by atoms with van der Waals surface area (Å²) in [4.78, 5) is 10.5. The van der Waals surface area contributed by atoms with E-state index < -0.39 is 4.92 Å². The first-order valence-electron chi connectivity index (χ1n) is 6.18. The first-order chi connectivity index (χ1) is 8.77. The second kappa shape index (κ2) is 5.70. The first kappa shape index (κ1) is 15.0. The Morgan fingerprint density at radius 3 is 2.58 bits per heavy atom. The molecule has 1 aromatic rings. The molecule has 0 heterocycles. The summed E-state index contributed by atoms with van der Waals surface area (Å²) in [5, 5.41) is 23.1. The van der Waals surface area contributed by atoms with Crippen molar-refractivity contribution < 1.29 is 4.92 Å². The molecule has 0 radical (unpaired) electrons. The Morgan fingerprint density at radius 2 is 2.11 bits per heavy atom. The molecule has 1 atom stereocenters. The van der Waals surface area contributed by atoms with Gasteiger partial charge in [0.05, 0.1) is 4.92 Å². The van der Waals surface area contributed by atoms with E-state index in [0.717, 1.165) is 0 Å². The molecule has 5 nitrogen and oxygen atoms in total. The van der Waals surface area contributed by atoms with E-state index in [1.807, 2.05) is 6.07 Å². The largest absolute Gasteiger partial charge is 0.379 e. The van der Waals surface area contributed by atoms with Gasteiger partial charge >= 0.3 is 5.69 Å². The Morgan fingerprint density at radius 1 is 1.47 bits per heavy atom. The van der Waals surface area contributed by atoms with Crippen LogP contribution in [0.5, 0.6) is 0 Å². The van der Waals surface area contributed by atoms with Gasteiger partial charge in [-0.1, -0.05) is 33.8 Å². The van der Waals surface area contributed by atoms with E-state index in [9.17, 15) is 10.1 Å². The fourth-order valence-electron chi connectivity index (χ4n) is 1.54. The van der Waals surface area contributed by atoms with Gasteiger partial charge in [0.25, 0.3) is 0 Å². The van der Waals surface area contributed by atoms with Crippen molar-refractivity contribution in [2.24, 2.45) is 11.3 Å². The van der Waals surface area contributed by atoms with Crippen molar-refractivity contribution in [3.8, 4) is 6.07 Å². The second-order valence-corrected chi connectivity index (χ2v) is 5.72. The highest BCUT2D eigenvalue weighted by molar-refractivity contribution is 5.68. The predicted molar refractivity (Wildman–Crippen MR) is 74.9 cm³/mol. The van der Waals surface area contributed by atoms with Gasteiger partial charge in [-0.15, -0.1) is 0 Å². The molecule has 0 spiro atoms. The van der Waals surface area contributed by atoms with Crippen LogP contribution in [0.25, 0.3) is 0 Å². The minimum absolute atomic E-state index is 0.0819. The summed E-state index contributed by atoms with van der Waals surface area (Å²) in [6.45, 7) is 9.09. The molecule has 1 aromatic carbocycles. The van der Waals surface area contributed by atoms with Crippen LogP contribution < -0.4 is 5.32 Å². The summed E-state index contributed by atoms with van der Waals surface area (Å²) in [6.07, 6.45) is 0. The molecular weight excluding hydrogens is 242 g/mol. The molecule has 0 saturated heterocycles.